The van der Waals surface area contributed by atoms with Crippen molar-refractivity contribution in [2.75, 3.05) is 11.6 Å². The minimum atomic E-state index is 0.721. The molecule has 1 heterocycles. The summed E-state index contributed by atoms with van der Waals surface area (Å²) in [6, 6.07) is 20.6. The molecule has 0 radical (unpaired) electrons. The van der Waals surface area contributed by atoms with Crippen molar-refractivity contribution < 1.29 is 0 Å². The average Bonchev–Trinajstić information content (AvgIpc) is 3.03. The summed E-state index contributed by atoms with van der Waals surface area (Å²) in [7, 11) is 0. The van der Waals surface area contributed by atoms with Crippen LogP contribution in [0.4, 0.5) is 5.69 Å². The van der Waals surface area contributed by atoms with E-state index in [1.807, 2.05) is 47.3 Å². The third kappa shape index (κ3) is 3.47. The zero-order chi connectivity index (χ0) is 14.5. The maximum absolute atomic E-state index is 4.58. The highest BCUT2D eigenvalue weighted by Gasteiger charge is 2.01. The Morgan fingerprint density at radius 2 is 1.76 bits per heavy atom. The first-order chi connectivity index (χ1) is 10.3. The molecule has 0 saturated carbocycles. The predicted octanol–water partition coefficient (Wildman–Crippen LogP) is 4.21. The molecule has 0 bridgehead atoms. The third-order valence-corrected chi connectivity index (χ3v) is 3.97. The van der Waals surface area contributed by atoms with Crippen LogP contribution in [0.15, 0.2) is 71.8 Å². The zero-order valence-corrected chi connectivity index (χ0v) is 12.7. The van der Waals surface area contributed by atoms with E-state index in [1.165, 1.54) is 4.90 Å². The lowest BCUT2D eigenvalue weighted by atomic mass is 10.3. The van der Waals surface area contributed by atoms with Crippen molar-refractivity contribution in [3.05, 3.63) is 72.6 Å². The Balaban J connectivity index is 1.64. The molecule has 0 saturated heterocycles. The highest BCUT2D eigenvalue weighted by atomic mass is 32.2. The molecule has 0 fully saturated rings. The highest BCUT2D eigenvalue weighted by molar-refractivity contribution is 7.98. The van der Waals surface area contributed by atoms with Crippen LogP contribution >= 0.6 is 11.8 Å². The average molecular weight is 295 g/mol. The van der Waals surface area contributed by atoms with Crippen LogP contribution in [0.2, 0.25) is 0 Å². The van der Waals surface area contributed by atoms with E-state index < -0.39 is 0 Å². The Morgan fingerprint density at radius 1 is 1.00 bits per heavy atom. The summed E-state index contributed by atoms with van der Waals surface area (Å²) in [5.41, 5.74) is 3.21. The minimum absolute atomic E-state index is 0.721. The number of nitrogens with one attached hydrogen (secondary N) is 1. The summed E-state index contributed by atoms with van der Waals surface area (Å²) < 4.78 is 1.90. The smallest absolute Gasteiger partial charge is 0.0819 e. The third-order valence-electron chi connectivity index (χ3n) is 3.23. The van der Waals surface area contributed by atoms with Crippen LogP contribution in [0.3, 0.4) is 0 Å². The first kappa shape index (κ1) is 13.8. The van der Waals surface area contributed by atoms with Gasteiger partial charge in [-0.3, -0.25) is 0 Å². The van der Waals surface area contributed by atoms with Crippen molar-refractivity contribution in [1.82, 2.24) is 9.78 Å². The number of rotatable bonds is 5. The second kappa shape index (κ2) is 6.50. The Labute approximate surface area is 129 Å². The summed E-state index contributed by atoms with van der Waals surface area (Å²) in [4.78, 5) is 1.27. The molecule has 0 atom stereocenters. The maximum atomic E-state index is 4.58. The molecular formula is C17H17N3S. The van der Waals surface area contributed by atoms with Gasteiger partial charge in [0.05, 0.1) is 17.9 Å². The van der Waals surface area contributed by atoms with Crippen LogP contribution in [0.25, 0.3) is 5.69 Å². The molecule has 0 unspecified atom stereocenters. The number of para-hydroxylation sites is 1. The molecule has 4 heteroatoms. The van der Waals surface area contributed by atoms with E-state index in [0.717, 1.165) is 23.6 Å². The van der Waals surface area contributed by atoms with Crippen molar-refractivity contribution in [3.8, 4) is 5.69 Å². The fourth-order valence-corrected chi connectivity index (χ4v) is 2.49. The van der Waals surface area contributed by atoms with Gasteiger partial charge in [-0.2, -0.15) is 5.10 Å². The number of nitrogens with zero attached hydrogens (tertiary/aromatic N) is 2. The van der Waals surface area contributed by atoms with E-state index in [2.05, 4.69) is 40.9 Å². The van der Waals surface area contributed by atoms with Crippen LogP contribution in [0.1, 0.15) is 5.69 Å². The maximum Gasteiger partial charge on any atom is 0.0819 e. The quantitative estimate of drug-likeness (QED) is 0.715. The molecular weight excluding hydrogens is 278 g/mol. The van der Waals surface area contributed by atoms with Crippen molar-refractivity contribution in [3.63, 3.8) is 0 Å². The Kier molecular flexibility index (Phi) is 4.26. The van der Waals surface area contributed by atoms with Crippen molar-refractivity contribution in [2.24, 2.45) is 0 Å². The summed E-state index contributed by atoms with van der Waals surface area (Å²) in [5, 5.41) is 7.97. The molecule has 0 aliphatic rings. The molecule has 0 amide bonds. The normalized spacial score (nSPS) is 10.5. The number of aromatic nitrogens is 2. The van der Waals surface area contributed by atoms with Crippen LogP contribution in [0, 0.1) is 0 Å². The topological polar surface area (TPSA) is 29.9 Å². The van der Waals surface area contributed by atoms with E-state index in [1.54, 1.807) is 11.8 Å². The number of benzene rings is 2. The molecule has 1 aromatic heterocycles. The van der Waals surface area contributed by atoms with Crippen LogP contribution in [-0.4, -0.2) is 16.0 Å². The summed E-state index contributed by atoms with van der Waals surface area (Å²) in [6.45, 7) is 0.721. The molecule has 3 nitrogen and oxygen atoms in total. The number of thioether (sulfide) groups is 1. The van der Waals surface area contributed by atoms with Gasteiger partial charge in [0.1, 0.15) is 0 Å². The lowest BCUT2D eigenvalue weighted by Gasteiger charge is -2.05. The van der Waals surface area contributed by atoms with E-state index in [4.69, 9.17) is 0 Å². The van der Waals surface area contributed by atoms with Gasteiger partial charge >= 0.3 is 0 Å². The highest BCUT2D eigenvalue weighted by Crippen LogP contribution is 2.18. The van der Waals surface area contributed by atoms with Crippen molar-refractivity contribution in [2.45, 2.75) is 11.4 Å². The molecule has 1 N–H and O–H groups in total. The lowest BCUT2D eigenvalue weighted by molar-refractivity contribution is 0.844. The second-order valence-electron chi connectivity index (χ2n) is 4.67. The largest absolute Gasteiger partial charge is 0.379 e. The lowest BCUT2D eigenvalue weighted by Crippen LogP contribution is -2.01. The van der Waals surface area contributed by atoms with Crippen LogP contribution < -0.4 is 5.32 Å². The molecule has 106 valence electrons. The van der Waals surface area contributed by atoms with E-state index >= 15 is 0 Å². The van der Waals surface area contributed by atoms with Crippen LogP contribution in [-0.2, 0) is 6.54 Å². The SMILES string of the molecule is CSc1ccc(NCc2ccn(-c3ccccc3)n2)cc1. The summed E-state index contributed by atoms with van der Waals surface area (Å²) >= 11 is 1.75. The summed E-state index contributed by atoms with van der Waals surface area (Å²) in [6.07, 6.45) is 4.07. The first-order valence-corrected chi connectivity index (χ1v) is 8.05. The van der Waals surface area contributed by atoms with Gasteiger partial charge in [-0.25, -0.2) is 4.68 Å². The minimum Gasteiger partial charge on any atom is -0.379 e. The van der Waals surface area contributed by atoms with Gasteiger partial charge in [0.15, 0.2) is 0 Å². The second-order valence-corrected chi connectivity index (χ2v) is 5.55. The predicted molar refractivity (Wildman–Crippen MR) is 89.1 cm³/mol. The fourth-order valence-electron chi connectivity index (χ4n) is 2.08. The molecule has 0 spiro atoms. The van der Waals surface area contributed by atoms with E-state index in [-0.39, 0.29) is 0 Å². The zero-order valence-electron chi connectivity index (χ0n) is 11.9. The molecule has 2 aromatic carbocycles. The Hall–Kier alpha value is -2.20. The number of anilines is 1. The number of hydrogen-bond acceptors (Lipinski definition) is 3. The van der Waals surface area contributed by atoms with Gasteiger partial charge in [0.2, 0.25) is 0 Å². The van der Waals surface area contributed by atoms with Crippen LogP contribution in [0.5, 0.6) is 0 Å². The molecule has 21 heavy (non-hydrogen) atoms. The molecule has 0 aliphatic heterocycles. The van der Waals surface area contributed by atoms with Crippen molar-refractivity contribution in [1.29, 1.82) is 0 Å². The van der Waals surface area contributed by atoms with Gasteiger partial charge in [0.25, 0.3) is 0 Å². The van der Waals surface area contributed by atoms with E-state index in [9.17, 15) is 0 Å². The molecule has 3 aromatic rings. The van der Waals surface area contributed by atoms with Crippen molar-refractivity contribution >= 4 is 17.4 Å². The first-order valence-electron chi connectivity index (χ1n) is 6.83. The Morgan fingerprint density at radius 3 is 2.48 bits per heavy atom. The van der Waals surface area contributed by atoms with Gasteiger partial charge in [0, 0.05) is 16.8 Å². The molecule has 0 aliphatic carbocycles. The molecule has 3 rings (SSSR count). The van der Waals surface area contributed by atoms with Gasteiger partial charge < -0.3 is 5.32 Å². The van der Waals surface area contributed by atoms with Gasteiger partial charge in [-0.15, -0.1) is 11.8 Å². The summed E-state index contributed by atoms with van der Waals surface area (Å²) in [5.74, 6) is 0. The monoisotopic (exact) mass is 295 g/mol. The van der Waals surface area contributed by atoms with Gasteiger partial charge in [-0.05, 0) is 48.7 Å². The Bertz CT molecular complexity index is 690. The standard InChI is InChI=1S/C17H17N3S/c1-21-17-9-7-14(8-10-17)18-13-15-11-12-20(19-15)16-5-3-2-4-6-16/h2-12,18H,13H2,1H3. The fraction of sp³-hybridized carbons (Fsp3) is 0.118. The van der Waals surface area contributed by atoms with E-state index in [0.29, 0.717) is 0 Å². The number of hydrogen-bond donors (Lipinski definition) is 1. The van der Waals surface area contributed by atoms with Gasteiger partial charge in [-0.1, -0.05) is 18.2 Å².